The lowest BCUT2D eigenvalue weighted by Crippen LogP contribution is -2.32. The highest BCUT2D eigenvalue weighted by atomic mass is 32.1. The number of amides is 1. The molecule has 0 aliphatic heterocycles. The molecule has 0 radical (unpaired) electrons. The molecule has 0 saturated heterocycles. The van der Waals surface area contributed by atoms with Crippen LogP contribution in [0.5, 0.6) is 0 Å². The van der Waals surface area contributed by atoms with Crippen molar-refractivity contribution in [3.63, 3.8) is 0 Å². The highest BCUT2D eigenvalue weighted by Crippen LogP contribution is 2.19. The number of carbonyl (C=O) groups is 1. The molecule has 0 fully saturated rings. The fourth-order valence-electron chi connectivity index (χ4n) is 1.90. The summed E-state index contributed by atoms with van der Waals surface area (Å²) in [5.74, 6) is -0.184. The molecule has 0 aliphatic rings. The Morgan fingerprint density at radius 1 is 1.38 bits per heavy atom. The predicted octanol–water partition coefficient (Wildman–Crippen LogP) is 2.20. The third-order valence-electron chi connectivity index (χ3n) is 2.89. The maximum absolute atomic E-state index is 12.6. The summed E-state index contributed by atoms with van der Waals surface area (Å²) in [6.07, 6.45) is 0.946. The van der Waals surface area contributed by atoms with Crippen molar-refractivity contribution in [1.82, 2.24) is 4.98 Å². The van der Waals surface area contributed by atoms with Crippen LogP contribution in [0.3, 0.4) is 0 Å². The maximum atomic E-state index is 12.6. The number of rotatable bonds is 6. The summed E-state index contributed by atoms with van der Waals surface area (Å²) in [6, 6.07) is 11.4. The molecule has 1 heterocycles. The van der Waals surface area contributed by atoms with Crippen molar-refractivity contribution >= 4 is 22.9 Å². The summed E-state index contributed by atoms with van der Waals surface area (Å²) < 4.78 is 0. The van der Waals surface area contributed by atoms with Gasteiger partial charge in [-0.25, -0.2) is 4.98 Å². The number of thiazole rings is 1. The molecule has 0 saturated carbocycles. The number of aromatic nitrogens is 1. The van der Waals surface area contributed by atoms with Crippen LogP contribution in [-0.2, 0) is 6.42 Å². The minimum atomic E-state index is -0.184. The molecule has 6 heteroatoms. The SMILES string of the molecule is N#CCCN(C(=O)c1csc(CCN)n1)c1ccccc1. The van der Waals surface area contributed by atoms with Gasteiger partial charge in [0.05, 0.1) is 17.5 Å². The van der Waals surface area contributed by atoms with Crippen LogP contribution in [0.2, 0.25) is 0 Å². The lowest BCUT2D eigenvalue weighted by atomic mass is 10.2. The van der Waals surface area contributed by atoms with E-state index in [-0.39, 0.29) is 12.3 Å². The third-order valence-corrected chi connectivity index (χ3v) is 3.80. The largest absolute Gasteiger partial charge is 0.330 e. The Labute approximate surface area is 127 Å². The molecule has 0 aliphatic carbocycles. The molecule has 5 nitrogen and oxygen atoms in total. The summed E-state index contributed by atoms with van der Waals surface area (Å²) in [4.78, 5) is 18.5. The molecule has 108 valence electrons. The average molecular weight is 300 g/mol. The number of hydrogen-bond donors (Lipinski definition) is 1. The first-order valence-electron chi connectivity index (χ1n) is 6.64. The first-order chi connectivity index (χ1) is 10.3. The molecule has 0 unspecified atom stereocenters. The van der Waals surface area contributed by atoms with E-state index in [1.54, 1.807) is 10.3 Å². The van der Waals surface area contributed by atoms with E-state index in [2.05, 4.69) is 11.1 Å². The fourth-order valence-corrected chi connectivity index (χ4v) is 2.69. The Hall–Kier alpha value is -2.23. The zero-order valence-electron chi connectivity index (χ0n) is 11.5. The van der Waals surface area contributed by atoms with E-state index in [1.807, 2.05) is 30.3 Å². The summed E-state index contributed by atoms with van der Waals surface area (Å²) >= 11 is 1.44. The van der Waals surface area contributed by atoms with Crippen molar-refractivity contribution < 1.29 is 4.79 Å². The van der Waals surface area contributed by atoms with Crippen LogP contribution in [0.4, 0.5) is 5.69 Å². The number of hydrogen-bond acceptors (Lipinski definition) is 5. The van der Waals surface area contributed by atoms with Gasteiger partial charge < -0.3 is 10.6 Å². The molecule has 2 aromatic rings. The Balaban J connectivity index is 2.23. The molecule has 2 rings (SSSR count). The van der Waals surface area contributed by atoms with Gasteiger partial charge in [0.15, 0.2) is 0 Å². The standard InChI is InChI=1S/C15H16N4OS/c16-8-4-10-19(12-5-2-1-3-6-12)15(20)13-11-21-14(18-13)7-9-17/h1-3,5-6,11H,4,7,9-10,17H2. The normalized spacial score (nSPS) is 10.1. The Morgan fingerprint density at radius 2 is 2.14 bits per heavy atom. The average Bonchev–Trinajstić information content (AvgIpc) is 2.97. The van der Waals surface area contributed by atoms with E-state index in [4.69, 9.17) is 11.0 Å². The predicted molar refractivity (Wildman–Crippen MR) is 83.2 cm³/mol. The number of nitrogens with two attached hydrogens (primary N) is 1. The second kappa shape index (κ2) is 7.53. The smallest absolute Gasteiger partial charge is 0.277 e. The summed E-state index contributed by atoms with van der Waals surface area (Å²) in [5.41, 5.74) is 6.67. The Morgan fingerprint density at radius 3 is 2.81 bits per heavy atom. The molecule has 1 aromatic heterocycles. The minimum absolute atomic E-state index is 0.184. The molecule has 2 N–H and O–H groups in total. The van der Waals surface area contributed by atoms with Crippen LogP contribution in [-0.4, -0.2) is 24.0 Å². The van der Waals surface area contributed by atoms with Gasteiger partial charge in [0, 0.05) is 24.0 Å². The van der Waals surface area contributed by atoms with Gasteiger partial charge in [-0.3, -0.25) is 4.79 Å². The van der Waals surface area contributed by atoms with Crippen LogP contribution in [0.15, 0.2) is 35.7 Å². The number of para-hydroxylation sites is 1. The highest BCUT2D eigenvalue weighted by Gasteiger charge is 2.19. The van der Waals surface area contributed by atoms with Gasteiger partial charge in [-0.05, 0) is 18.7 Å². The number of benzene rings is 1. The van der Waals surface area contributed by atoms with Gasteiger partial charge >= 0.3 is 0 Å². The van der Waals surface area contributed by atoms with E-state index in [1.165, 1.54) is 11.3 Å². The van der Waals surface area contributed by atoms with Gasteiger partial charge in [-0.15, -0.1) is 11.3 Å². The highest BCUT2D eigenvalue weighted by molar-refractivity contribution is 7.09. The van der Waals surface area contributed by atoms with E-state index < -0.39 is 0 Å². The molecule has 1 amide bonds. The number of carbonyl (C=O) groups excluding carboxylic acids is 1. The summed E-state index contributed by atoms with van der Waals surface area (Å²) in [7, 11) is 0. The molecule has 0 atom stereocenters. The first-order valence-corrected chi connectivity index (χ1v) is 7.52. The van der Waals surface area contributed by atoms with Crippen molar-refractivity contribution in [3.05, 3.63) is 46.4 Å². The van der Waals surface area contributed by atoms with Crippen molar-refractivity contribution in [1.29, 1.82) is 5.26 Å². The van der Waals surface area contributed by atoms with Gasteiger partial charge in [0.1, 0.15) is 5.69 Å². The molecular formula is C15H16N4OS. The van der Waals surface area contributed by atoms with Crippen molar-refractivity contribution in [3.8, 4) is 6.07 Å². The van der Waals surface area contributed by atoms with Gasteiger partial charge in [0.2, 0.25) is 0 Å². The topological polar surface area (TPSA) is 83.0 Å². The maximum Gasteiger partial charge on any atom is 0.277 e. The molecule has 0 bridgehead atoms. The lowest BCUT2D eigenvalue weighted by Gasteiger charge is -2.20. The second-order valence-corrected chi connectivity index (χ2v) is 5.31. The molecule has 21 heavy (non-hydrogen) atoms. The summed E-state index contributed by atoms with van der Waals surface area (Å²) in [6.45, 7) is 0.862. The van der Waals surface area contributed by atoms with Crippen LogP contribution in [0.25, 0.3) is 0 Å². The van der Waals surface area contributed by atoms with Crippen LogP contribution in [0.1, 0.15) is 21.9 Å². The van der Waals surface area contributed by atoms with Crippen molar-refractivity contribution in [2.24, 2.45) is 5.73 Å². The Kier molecular flexibility index (Phi) is 5.43. The van der Waals surface area contributed by atoms with Crippen molar-refractivity contribution in [2.45, 2.75) is 12.8 Å². The quantitative estimate of drug-likeness (QED) is 0.886. The van der Waals surface area contributed by atoms with Crippen LogP contribution in [0, 0.1) is 11.3 Å². The van der Waals surface area contributed by atoms with E-state index >= 15 is 0 Å². The Bertz CT molecular complexity index is 633. The molecule has 0 spiro atoms. The second-order valence-electron chi connectivity index (χ2n) is 4.37. The number of nitrogens with zero attached hydrogens (tertiary/aromatic N) is 3. The van der Waals surface area contributed by atoms with E-state index in [9.17, 15) is 4.79 Å². The molecule has 1 aromatic carbocycles. The zero-order valence-corrected chi connectivity index (χ0v) is 12.3. The first kappa shape index (κ1) is 15.2. The molecular weight excluding hydrogens is 284 g/mol. The van der Waals surface area contributed by atoms with Crippen molar-refractivity contribution in [2.75, 3.05) is 18.0 Å². The monoisotopic (exact) mass is 300 g/mol. The number of nitriles is 1. The summed E-state index contributed by atoms with van der Waals surface area (Å²) in [5, 5.41) is 11.4. The lowest BCUT2D eigenvalue weighted by molar-refractivity contribution is 0.0983. The minimum Gasteiger partial charge on any atom is -0.330 e. The number of anilines is 1. The van der Waals surface area contributed by atoms with Crippen LogP contribution >= 0.6 is 11.3 Å². The van der Waals surface area contributed by atoms with Gasteiger partial charge in [0.25, 0.3) is 5.91 Å². The van der Waals surface area contributed by atoms with E-state index in [0.29, 0.717) is 25.2 Å². The van der Waals surface area contributed by atoms with Crippen LogP contribution < -0.4 is 10.6 Å². The fraction of sp³-hybridized carbons (Fsp3) is 0.267. The van der Waals surface area contributed by atoms with Gasteiger partial charge in [-0.1, -0.05) is 18.2 Å². The van der Waals surface area contributed by atoms with Gasteiger partial charge in [-0.2, -0.15) is 5.26 Å². The zero-order chi connectivity index (χ0) is 15.1. The van der Waals surface area contributed by atoms with E-state index in [0.717, 1.165) is 10.7 Å². The third kappa shape index (κ3) is 3.88.